The highest BCUT2D eigenvalue weighted by Crippen LogP contribution is 2.29. The van der Waals surface area contributed by atoms with Crippen LogP contribution in [-0.2, 0) is 19.0 Å². The highest BCUT2D eigenvalue weighted by Gasteiger charge is 2.34. The number of ether oxygens (including phenoxy) is 4. The zero-order valence-electron chi connectivity index (χ0n) is 21.0. The van der Waals surface area contributed by atoms with Crippen LogP contribution in [0, 0.1) is 16.0 Å². The molecule has 2 heterocycles. The number of non-ortho nitro benzene ring substituents is 1. The van der Waals surface area contributed by atoms with Crippen molar-refractivity contribution in [1.29, 1.82) is 0 Å². The Balaban J connectivity index is 1.98. The third-order valence-corrected chi connectivity index (χ3v) is 6.88. The SMILES string of the molecule is CO[C@@H]1CC[C@@H]2CCN(C)C(=O)[C@@H](C)[C@H](OC)CN(C)C(=O)c3cc([N+](=O)[O-])ccc3OC[C@@H]1O2. The zero-order chi connectivity index (χ0) is 25.7. The van der Waals surface area contributed by atoms with Crippen LogP contribution in [0.1, 0.15) is 36.5 Å². The molecule has 35 heavy (non-hydrogen) atoms. The number of benzene rings is 1. The minimum Gasteiger partial charge on any atom is -0.490 e. The number of amides is 2. The van der Waals surface area contributed by atoms with Gasteiger partial charge in [-0.25, -0.2) is 0 Å². The average molecular weight is 494 g/mol. The van der Waals surface area contributed by atoms with E-state index in [-0.39, 0.29) is 54.4 Å². The van der Waals surface area contributed by atoms with Crippen LogP contribution in [0.15, 0.2) is 18.2 Å². The number of methoxy groups -OCH3 is 2. The summed E-state index contributed by atoms with van der Waals surface area (Å²) in [5, 5.41) is 11.4. The molecule has 1 saturated heterocycles. The lowest BCUT2D eigenvalue weighted by molar-refractivity contribution is -0.384. The first-order valence-electron chi connectivity index (χ1n) is 11.8. The Morgan fingerprint density at radius 2 is 1.77 bits per heavy atom. The highest BCUT2D eigenvalue weighted by molar-refractivity contribution is 5.97. The number of nitrogens with zero attached hydrogens (tertiary/aromatic N) is 3. The van der Waals surface area contributed by atoms with Gasteiger partial charge in [-0.2, -0.15) is 0 Å². The Hall–Kier alpha value is -2.76. The molecule has 1 aromatic rings. The molecule has 2 bridgehead atoms. The Labute approximate surface area is 205 Å². The van der Waals surface area contributed by atoms with Crippen LogP contribution in [0.4, 0.5) is 5.69 Å². The summed E-state index contributed by atoms with van der Waals surface area (Å²) in [6.45, 7) is 2.53. The van der Waals surface area contributed by atoms with Crippen molar-refractivity contribution >= 4 is 17.5 Å². The van der Waals surface area contributed by atoms with E-state index in [1.54, 1.807) is 33.0 Å². The normalized spacial score (nSPS) is 28.9. The molecule has 2 aliphatic heterocycles. The molecule has 0 spiro atoms. The number of carbonyl (C=O) groups excluding carboxylic acids is 2. The highest BCUT2D eigenvalue weighted by atomic mass is 16.6. The Kier molecular flexibility index (Phi) is 9.03. The van der Waals surface area contributed by atoms with Gasteiger partial charge in [0.15, 0.2) is 0 Å². The molecule has 0 saturated carbocycles. The van der Waals surface area contributed by atoms with E-state index < -0.39 is 22.9 Å². The van der Waals surface area contributed by atoms with Gasteiger partial charge in [-0.05, 0) is 25.3 Å². The van der Waals surface area contributed by atoms with Crippen molar-refractivity contribution in [2.75, 3.05) is 48.0 Å². The number of rotatable bonds is 3. The van der Waals surface area contributed by atoms with E-state index in [0.717, 1.165) is 12.8 Å². The van der Waals surface area contributed by atoms with Crippen molar-refractivity contribution in [3.63, 3.8) is 0 Å². The molecule has 0 aliphatic carbocycles. The number of nitro benzene ring substituents is 1. The van der Waals surface area contributed by atoms with Gasteiger partial charge in [-0.15, -0.1) is 0 Å². The minimum absolute atomic E-state index is 0.0565. The summed E-state index contributed by atoms with van der Waals surface area (Å²) >= 11 is 0. The second kappa shape index (κ2) is 11.8. The number of fused-ring (bicyclic) bond motifs is 3. The molecule has 1 aromatic carbocycles. The first-order chi connectivity index (χ1) is 16.7. The molecule has 1 fully saturated rings. The van der Waals surface area contributed by atoms with E-state index in [1.807, 2.05) is 0 Å². The van der Waals surface area contributed by atoms with Crippen molar-refractivity contribution in [1.82, 2.24) is 9.80 Å². The third kappa shape index (κ3) is 6.28. The topological polar surface area (TPSA) is 121 Å². The van der Waals surface area contributed by atoms with Gasteiger partial charge in [0, 0.05) is 53.5 Å². The first-order valence-corrected chi connectivity index (χ1v) is 11.8. The van der Waals surface area contributed by atoms with Crippen molar-refractivity contribution in [2.45, 2.75) is 50.6 Å². The summed E-state index contributed by atoms with van der Waals surface area (Å²) < 4.78 is 23.4. The van der Waals surface area contributed by atoms with Crippen LogP contribution in [0.25, 0.3) is 0 Å². The molecule has 11 heteroatoms. The Morgan fingerprint density at radius 1 is 1.06 bits per heavy atom. The predicted octanol–water partition coefficient (Wildman–Crippen LogP) is 2.12. The maximum Gasteiger partial charge on any atom is 0.270 e. The molecular formula is C24H35N3O8. The molecule has 5 atom stereocenters. The standard InChI is InChI=1S/C24H35N3O8/c1-15-21(33-5)13-26(3)24(29)18-12-16(27(30)31)6-8-19(18)34-14-22-20(32-4)9-7-17(35-22)10-11-25(2)23(15)28/h6,8,12,15,17,20-22H,7,9-11,13-14H2,1-5H3/t15-,17+,20+,21+,22-/m0/s1. The van der Waals surface area contributed by atoms with Gasteiger partial charge in [0.1, 0.15) is 18.5 Å². The van der Waals surface area contributed by atoms with E-state index in [1.165, 1.54) is 30.2 Å². The lowest BCUT2D eigenvalue weighted by atomic mass is 9.98. The fraction of sp³-hybridized carbons (Fsp3) is 0.667. The van der Waals surface area contributed by atoms with E-state index >= 15 is 0 Å². The van der Waals surface area contributed by atoms with Crippen LogP contribution < -0.4 is 4.74 Å². The fourth-order valence-corrected chi connectivity index (χ4v) is 4.61. The molecule has 0 N–H and O–H groups in total. The molecule has 3 rings (SSSR count). The average Bonchev–Trinajstić information content (AvgIpc) is 2.86. The van der Waals surface area contributed by atoms with E-state index in [0.29, 0.717) is 13.0 Å². The van der Waals surface area contributed by atoms with Crippen LogP contribution in [0.5, 0.6) is 5.75 Å². The number of likely N-dealkylation sites (N-methyl/N-ethyl adjacent to an activating group) is 1. The van der Waals surface area contributed by atoms with Gasteiger partial charge in [0.05, 0.1) is 34.7 Å². The maximum atomic E-state index is 13.4. The van der Waals surface area contributed by atoms with Gasteiger partial charge < -0.3 is 28.7 Å². The lowest BCUT2D eigenvalue weighted by Crippen LogP contribution is -2.47. The molecule has 11 nitrogen and oxygen atoms in total. The van der Waals surface area contributed by atoms with Crippen molar-refractivity contribution in [3.8, 4) is 5.75 Å². The fourth-order valence-electron chi connectivity index (χ4n) is 4.61. The van der Waals surface area contributed by atoms with Crippen molar-refractivity contribution in [2.24, 2.45) is 5.92 Å². The number of hydrogen-bond donors (Lipinski definition) is 0. The molecule has 2 amide bonds. The van der Waals surface area contributed by atoms with Crippen LogP contribution in [0.2, 0.25) is 0 Å². The predicted molar refractivity (Wildman–Crippen MR) is 126 cm³/mol. The molecule has 0 aromatic heterocycles. The summed E-state index contributed by atoms with van der Waals surface area (Å²) in [6, 6.07) is 3.94. The van der Waals surface area contributed by atoms with Crippen LogP contribution >= 0.6 is 0 Å². The van der Waals surface area contributed by atoms with Crippen molar-refractivity contribution < 1.29 is 33.5 Å². The van der Waals surface area contributed by atoms with Gasteiger partial charge in [0.2, 0.25) is 5.91 Å². The molecule has 0 radical (unpaired) electrons. The Morgan fingerprint density at radius 3 is 2.43 bits per heavy atom. The number of carbonyl (C=O) groups is 2. The molecule has 0 unspecified atom stereocenters. The second-order valence-corrected chi connectivity index (χ2v) is 9.19. The molecule has 2 aliphatic rings. The monoisotopic (exact) mass is 493 g/mol. The van der Waals surface area contributed by atoms with E-state index in [4.69, 9.17) is 18.9 Å². The third-order valence-electron chi connectivity index (χ3n) is 6.88. The quantitative estimate of drug-likeness (QED) is 0.464. The smallest absolute Gasteiger partial charge is 0.270 e. The summed E-state index contributed by atoms with van der Waals surface area (Å²) in [5.74, 6) is -0.854. The zero-order valence-corrected chi connectivity index (χ0v) is 21.0. The first kappa shape index (κ1) is 26.8. The molecular weight excluding hydrogens is 458 g/mol. The van der Waals surface area contributed by atoms with Gasteiger partial charge in [0.25, 0.3) is 11.6 Å². The van der Waals surface area contributed by atoms with Crippen LogP contribution in [0.3, 0.4) is 0 Å². The van der Waals surface area contributed by atoms with Gasteiger partial charge in [-0.3, -0.25) is 19.7 Å². The van der Waals surface area contributed by atoms with E-state index in [2.05, 4.69) is 0 Å². The lowest BCUT2D eigenvalue weighted by Gasteiger charge is -2.37. The maximum absolute atomic E-state index is 13.4. The minimum atomic E-state index is -0.562. The number of hydrogen-bond acceptors (Lipinski definition) is 8. The Bertz CT molecular complexity index is 926. The summed E-state index contributed by atoms with van der Waals surface area (Å²) in [4.78, 5) is 40.3. The van der Waals surface area contributed by atoms with Crippen molar-refractivity contribution in [3.05, 3.63) is 33.9 Å². The molecule has 194 valence electrons. The van der Waals surface area contributed by atoms with Gasteiger partial charge >= 0.3 is 0 Å². The van der Waals surface area contributed by atoms with Crippen LogP contribution in [-0.4, -0.2) is 99.0 Å². The number of nitro groups is 1. The van der Waals surface area contributed by atoms with E-state index in [9.17, 15) is 19.7 Å². The summed E-state index contributed by atoms with van der Waals surface area (Å²) in [5.41, 5.74) is -0.165. The summed E-state index contributed by atoms with van der Waals surface area (Å²) in [7, 11) is 6.43. The summed E-state index contributed by atoms with van der Waals surface area (Å²) in [6.07, 6.45) is 1.01. The second-order valence-electron chi connectivity index (χ2n) is 9.19. The van der Waals surface area contributed by atoms with Gasteiger partial charge in [-0.1, -0.05) is 6.92 Å². The largest absolute Gasteiger partial charge is 0.490 e.